The lowest BCUT2D eigenvalue weighted by atomic mass is 9.93. The van der Waals surface area contributed by atoms with Crippen LogP contribution in [0.5, 0.6) is 0 Å². The van der Waals surface area contributed by atoms with Gasteiger partial charge in [-0.3, -0.25) is 14.4 Å². The second-order valence-electron chi connectivity index (χ2n) is 6.49. The molecular formula is C19H20FN3O3. The Hall–Kier alpha value is -2.96. The van der Waals surface area contributed by atoms with Crippen molar-refractivity contribution in [2.45, 2.75) is 31.8 Å². The minimum Gasteiger partial charge on any atom is -0.349 e. The number of benzene rings is 1. The Morgan fingerprint density at radius 1 is 1.31 bits per heavy atom. The first-order chi connectivity index (χ1) is 12.5. The molecule has 1 aromatic carbocycles. The molecule has 0 atom stereocenters. The molecular weight excluding hydrogens is 337 g/mol. The number of amides is 2. The van der Waals surface area contributed by atoms with E-state index in [1.165, 1.54) is 30.3 Å². The van der Waals surface area contributed by atoms with Crippen molar-refractivity contribution in [1.82, 2.24) is 15.2 Å². The molecule has 0 radical (unpaired) electrons. The minimum absolute atomic E-state index is 0.0173. The van der Waals surface area contributed by atoms with Gasteiger partial charge < -0.3 is 15.2 Å². The molecule has 0 bridgehead atoms. The van der Waals surface area contributed by atoms with Gasteiger partial charge in [-0.25, -0.2) is 4.39 Å². The zero-order valence-electron chi connectivity index (χ0n) is 14.4. The van der Waals surface area contributed by atoms with E-state index in [4.69, 9.17) is 0 Å². The van der Waals surface area contributed by atoms with Gasteiger partial charge in [0.15, 0.2) is 0 Å². The summed E-state index contributed by atoms with van der Waals surface area (Å²) in [5.74, 6) is -1.32. The zero-order valence-corrected chi connectivity index (χ0v) is 14.4. The SMILES string of the molecule is CN(Cc1ccccc1F)C(=O)c1cc(C(=O)NC2CCC2)c[nH]c1=O. The number of carbonyl (C=O) groups is 2. The number of carbonyl (C=O) groups excluding carboxylic acids is 2. The minimum atomic E-state index is -0.587. The molecule has 2 amide bonds. The van der Waals surface area contributed by atoms with Crippen molar-refractivity contribution in [2.75, 3.05) is 7.05 Å². The number of nitrogens with one attached hydrogen (secondary N) is 2. The smallest absolute Gasteiger partial charge is 0.260 e. The Morgan fingerprint density at radius 2 is 2.04 bits per heavy atom. The summed E-state index contributed by atoms with van der Waals surface area (Å²) in [7, 11) is 1.48. The maximum absolute atomic E-state index is 13.8. The van der Waals surface area contributed by atoms with Gasteiger partial charge in [0.2, 0.25) is 0 Å². The molecule has 2 aromatic rings. The summed E-state index contributed by atoms with van der Waals surface area (Å²) in [4.78, 5) is 40.5. The molecule has 7 heteroatoms. The van der Waals surface area contributed by atoms with Crippen LogP contribution in [0.25, 0.3) is 0 Å². The highest BCUT2D eigenvalue weighted by Gasteiger charge is 2.22. The maximum Gasteiger partial charge on any atom is 0.260 e. The van der Waals surface area contributed by atoms with Crippen molar-refractivity contribution >= 4 is 11.8 Å². The van der Waals surface area contributed by atoms with Gasteiger partial charge in [0, 0.05) is 31.4 Å². The summed E-state index contributed by atoms with van der Waals surface area (Å²) in [5.41, 5.74) is -0.168. The van der Waals surface area contributed by atoms with Gasteiger partial charge in [0.05, 0.1) is 5.56 Å². The number of pyridine rings is 1. The van der Waals surface area contributed by atoms with Crippen LogP contribution in [0.2, 0.25) is 0 Å². The molecule has 1 aromatic heterocycles. The summed E-state index contributed by atoms with van der Waals surface area (Å²) in [6, 6.07) is 7.56. The Balaban J connectivity index is 1.77. The summed E-state index contributed by atoms with van der Waals surface area (Å²) >= 11 is 0. The lowest BCUT2D eigenvalue weighted by molar-refractivity contribution is 0.0782. The molecule has 0 saturated heterocycles. The van der Waals surface area contributed by atoms with Gasteiger partial charge in [-0.2, -0.15) is 0 Å². The molecule has 6 nitrogen and oxygen atoms in total. The van der Waals surface area contributed by atoms with Gasteiger partial charge in [-0.05, 0) is 31.4 Å². The third-order valence-electron chi connectivity index (χ3n) is 4.55. The van der Waals surface area contributed by atoms with E-state index in [1.54, 1.807) is 18.2 Å². The highest BCUT2D eigenvalue weighted by molar-refractivity contribution is 5.99. The lowest BCUT2D eigenvalue weighted by Crippen LogP contribution is -2.40. The molecule has 0 spiro atoms. The maximum atomic E-state index is 13.8. The van der Waals surface area contributed by atoms with E-state index in [2.05, 4.69) is 10.3 Å². The molecule has 136 valence electrons. The van der Waals surface area contributed by atoms with Crippen LogP contribution in [0, 0.1) is 5.82 Å². The van der Waals surface area contributed by atoms with Crippen molar-refractivity contribution < 1.29 is 14.0 Å². The van der Waals surface area contributed by atoms with E-state index in [0.29, 0.717) is 5.56 Å². The van der Waals surface area contributed by atoms with Gasteiger partial charge in [0.25, 0.3) is 17.4 Å². The van der Waals surface area contributed by atoms with Crippen LogP contribution in [0.3, 0.4) is 0 Å². The molecule has 3 rings (SSSR count). The quantitative estimate of drug-likeness (QED) is 0.859. The molecule has 1 aliphatic carbocycles. The third kappa shape index (κ3) is 3.82. The Bertz CT molecular complexity index is 890. The largest absolute Gasteiger partial charge is 0.349 e. The van der Waals surface area contributed by atoms with E-state index >= 15 is 0 Å². The first kappa shape index (κ1) is 17.8. The van der Waals surface area contributed by atoms with Crippen molar-refractivity contribution in [3.8, 4) is 0 Å². The zero-order chi connectivity index (χ0) is 18.7. The average molecular weight is 357 g/mol. The summed E-state index contributed by atoms with van der Waals surface area (Å²) in [6.45, 7) is 0.0173. The van der Waals surface area contributed by atoms with Crippen LogP contribution < -0.4 is 10.9 Å². The highest BCUT2D eigenvalue weighted by atomic mass is 19.1. The fraction of sp³-hybridized carbons (Fsp3) is 0.316. The number of hydrogen-bond acceptors (Lipinski definition) is 3. The van der Waals surface area contributed by atoms with E-state index < -0.39 is 17.3 Å². The van der Waals surface area contributed by atoms with Crippen molar-refractivity contribution in [1.29, 1.82) is 0 Å². The number of H-pyrrole nitrogens is 1. The topological polar surface area (TPSA) is 82.3 Å². The number of aromatic nitrogens is 1. The highest BCUT2D eigenvalue weighted by Crippen LogP contribution is 2.18. The van der Waals surface area contributed by atoms with Gasteiger partial charge in [0.1, 0.15) is 11.4 Å². The molecule has 1 fully saturated rings. The number of aromatic amines is 1. The van der Waals surface area contributed by atoms with Crippen LogP contribution in [-0.4, -0.2) is 34.8 Å². The Morgan fingerprint density at radius 3 is 2.69 bits per heavy atom. The average Bonchev–Trinajstić information content (AvgIpc) is 2.59. The van der Waals surface area contributed by atoms with Gasteiger partial charge in [-0.15, -0.1) is 0 Å². The van der Waals surface area contributed by atoms with Crippen molar-refractivity contribution in [2.24, 2.45) is 0 Å². The van der Waals surface area contributed by atoms with Crippen molar-refractivity contribution in [3.05, 3.63) is 69.4 Å². The molecule has 26 heavy (non-hydrogen) atoms. The summed E-state index contributed by atoms with van der Waals surface area (Å²) in [5, 5.41) is 2.86. The normalized spacial score (nSPS) is 13.8. The molecule has 1 saturated carbocycles. The molecule has 1 aliphatic rings. The van der Waals surface area contributed by atoms with Crippen LogP contribution in [0.15, 0.2) is 41.3 Å². The first-order valence-electron chi connectivity index (χ1n) is 8.48. The van der Waals surface area contributed by atoms with Crippen LogP contribution in [0.4, 0.5) is 4.39 Å². The number of rotatable bonds is 5. The number of nitrogens with zero attached hydrogens (tertiary/aromatic N) is 1. The Labute approximate surface area is 150 Å². The molecule has 0 unspecified atom stereocenters. The van der Waals surface area contributed by atoms with Gasteiger partial charge in [-0.1, -0.05) is 18.2 Å². The third-order valence-corrected chi connectivity index (χ3v) is 4.55. The summed E-state index contributed by atoms with van der Waals surface area (Å²) in [6.07, 6.45) is 4.25. The predicted octanol–water partition coefficient (Wildman–Crippen LogP) is 2.07. The number of halogens is 1. The first-order valence-corrected chi connectivity index (χ1v) is 8.48. The number of hydrogen-bond donors (Lipinski definition) is 2. The molecule has 1 heterocycles. The van der Waals surface area contributed by atoms with E-state index in [9.17, 15) is 18.8 Å². The fourth-order valence-corrected chi connectivity index (χ4v) is 2.75. The second kappa shape index (κ2) is 7.51. The van der Waals surface area contributed by atoms with Crippen LogP contribution in [-0.2, 0) is 6.54 Å². The second-order valence-corrected chi connectivity index (χ2v) is 6.49. The molecule has 0 aliphatic heterocycles. The van der Waals surface area contributed by atoms with E-state index in [-0.39, 0.29) is 29.6 Å². The predicted molar refractivity (Wildman–Crippen MR) is 94.4 cm³/mol. The van der Waals surface area contributed by atoms with Crippen LogP contribution >= 0.6 is 0 Å². The van der Waals surface area contributed by atoms with Crippen molar-refractivity contribution in [3.63, 3.8) is 0 Å². The van der Waals surface area contributed by atoms with E-state index in [0.717, 1.165) is 19.3 Å². The van der Waals surface area contributed by atoms with Crippen LogP contribution in [0.1, 0.15) is 45.5 Å². The van der Waals surface area contributed by atoms with Gasteiger partial charge >= 0.3 is 0 Å². The monoisotopic (exact) mass is 357 g/mol. The summed E-state index contributed by atoms with van der Waals surface area (Å²) < 4.78 is 13.8. The Kier molecular flexibility index (Phi) is 5.16. The van der Waals surface area contributed by atoms with E-state index in [1.807, 2.05) is 0 Å². The fourth-order valence-electron chi connectivity index (χ4n) is 2.75. The standard InChI is InChI=1S/C19H20FN3O3/c1-23(11-12-5-2-3-8-16(12)20)19(26)15-9-13(10-21-18(15)25)17(24)22-14-6-4-7-14/h2-3,5,8-10,14H,4,6-7,11H2,1H3,(H,21,25)(H,22,24). The molecule has 2 N–H and O–H groups in total. The lowest BCUT2D eigenvalue weighted by Gasteiger charge is -2.26.